The second-order valence-corrected chi connectivity index (χ2v) is 8.78. The van der Waals surface area contributed by atoms with Gasteiger partial charge in [0.1, 0.15) is 5.82 Å². The van der Waals surface area contributed by atoms with E-state index in [1.165, 1.54) is 12.1 Å². The molecule has 6 heteroatoms. The SMILES string of the molecule is CC1=CC(C)(C)N(C)c2cc(F)c(/C=C3/SC(=O)N(c4ccccc4)C3=O)cc21. The van der Waals surface area contributed by atoms with Crippen molar-refractivity contribution >= 4 is 45.9 Å². The predicted octanol–water partition coefficient (Wildman–Crippen LogP) is 5.70. The summed E-state index contributed by atoms with van der Waals surface area (Å²) >= 11 is 0.826. The zero-order valence-corrected chi connectivity index (χ0v) is 17.5. The zero-order chi connectivity index (χ0) is 20.9. The molecule has 0 atom stereocenters. The van der Waals surface area contributed by atoms with Crippen molar-refractivity contribution in [3.05, 3.63) is 70.4 Å². The third-order valence-corrected chi connectivity index (χ3v) is 6.30. The number of para-hydroxylation sites is 1. The number of nitrogens with zero attached hydrogens (tertiary/aromatic N) is 2. The number of hydrogen-bond acceptors (Lipinski definition) is 4. The third-order valence-electron chi connectivity index (χ3n) is 5.43. The molecular formula is C23H21FN2O2S. The van der Waals surface area contributed by atoms with Crippen LogP contribution in [0.15, 0.2) is 53.4 Å². The molecule has 0 bridgehead atoms. The van der Waals surface area contributed by atoms with Crippen molar-refractivity contribution in [2.45, 2.75) is 26.3 Å². The van der Waals surface area contributed by atoms with E-state index in [2.05, 4.69) is 19.9 Å². The minimum Gasteiger partial charge on any atom is -0.365 e. The van der Waals surface area contributed by atoms with E-state index >= 15 is 0 Å². The lowest BCUT2D eigenvalue weighted by Gasteiger charge is -2.40. The van der Waals surface area contributed by atoms with Crippen LogP contribution in [0.2, 0.25) is 0 Å². The quantitative estimate of drug-likeness (QED) is 0.598. The van der Waals surface area contributed by atoms with Crippen LogP contribution in [0, 0.1) is 5.82 Å². The fourth-order valence-electron chi connectivity index (χ4n) is 3.71. The van der Waals surface area contributed by atoms with E-state index in [4.69, 9.17) is 0 Å². The summed E-state index contributed by atoms with van der Waals surface area (Å²) in [5.41, 5.74) is 3.36. The van der Waals surface area contributed by atoms with Gasteiger partial charge >= 0.3 is 0 Å². The normalized spacial score (nSPS) is 19.6. The van der Waals surface area contributed by atoms with Gasteiger partial charge in [0.05, 0.1) is 16.1 Å². The lowest BCUT2D eigenvalue weighted by molar-refractivity contribution is -0.113. The number of allylic oxidation sites excluding steroid dienone is 1. The van der Waals surface area contributed by atoms with Crippen molar-refractivity contribution in [3.63, 3.8) is 0 Å². The number of fused-ring (bicyclic) bond motifs is 1. The number of amides is 2. The summed E-state index contributed by atoms with van der Waals surface area (Å²) in [5.74, 6) is -0.860. The molecular weight excluding hydrogens is 387 g/mol. The molecule has 4 rings (SSSR count). The van der Waals surface area contributed by atoms with Crippen LogP contribution in [0.4, 0.5) is 20.6 Å². The highest BCUT2D eigenvalue weighted by Crippen LogP contribution is 2.41. The Morgan fingerprint density at radius 1 is 1.10 bits per heavy atom. The lowest BCUT2D eigenvalue weighted by Crippen LogP contribution is -2.42. The molecule has 2 amide bonds. The summed E-state index contributed by atoms with van der Waals surface area (Å²) in [6.07, 6.45) is 3.61. The summed E-state index contributed by atoms with van der Waals surface area (Å²) in [4.78, 5) is 28.5. The maximum absolute atomic E-state index is 14.9. The van der Waals surface area contributed by atoms with Crippen LogP contribution in [0.5, 0.6) is 0 Å². The highest BCUT2D eigenvalue weighted by molar-refractivity contribution is 8.19. The maximum Gasteiger partial charge on any atom is 0.298 e. The first kappa shape index (κ1) is 19.5. The van der Waals surface area contributed by atoms with Gasteiger partial charge in [-0.3, -0.25) is 9.59 Å². The summed E-state index contributed by atoms with van der Waals surface area (Å²) in [6.45, 7) is 6.15. The largest absolute Gasteiger partial charge is 0.365 e. The Balaban J connectivity index is 1.74. The molecule has 0 aromatic heterocycles. The molecule has 0 spiro atoms. The van der Waals surface area contributed by atoms with E-state index < -0.39 is 11.7 Å². The average Bonchev–Trinajstić information content (AvgIpc) is 2.95. The Labute approximate surface area is 173 Å². The van der Waals surface area contributed by atoms with Gasteiger partial charge in [-0.25, -0.2) is 9.29 Å². The van der Waals surface area contributed by atoms with Crippen molar-refractivity contribution in [2.75, 3.05) is 16.8 Å². The molecule has 0 aliphatic carbocycles. The highest BCUT2D eigenvalue weighted by Gasteiger charge is 2.36. The minimum absolute atomic E-state index is 0.212. The van der Waals surface area contributed by atoms with E-state index in [0.717, 1.165) is 33.5 Å². The molecule has 0 unspecified atom stereocenters. The number of carbonyl (C=O) groups excluding carboxylic acids is 2. The number of thioether (sulfide) groups is 1. The lowest BCUT2D eigenvalue weighted by atomic mass is 9.88. The van der Waals surface area contributed by atoms with Gasteiger partial charge in [-0.2, -0.15) is 0 Å². The molecule has 29 heavy (non-hydrogen) atoms. The Morgan fingerprint density at radius 3 is 2.48 bits per heavy atom. The van der Waals surface area contributed by atoms with Gasteiger partial charge in [-0.05, 0) is 68.4 Å². The monoisotopic (exact) mass is 408 g/mol. The molecule has 2 heterocycles. The molecule has 2 aliphatic heterocycles. The number of imide groups is 1. The van der Waals surface area contributed by atoms with Crippen molar-refractivity contribution in [2.24, 2.45) is 0 Å². The fourth-order valence-corrected chi connectivity index (χ4v) is 4.54. The van der Waals surface area contributed by atoms with Crippen molar-refractivity contribution in [1.29, 1.82) is 0 Å². The first-order valence-corrected chi connectivity index (χ1v) is 10.1. The number of halogens is 1. The molecule has 1 fully saturated rings. The number of rotatable bonds is 2. The van der Waals surface area contributed by atoms with Crippen molar-refractivity contribution in [3.8, 4) is 0 Å². The van der Waals surface area contributed by atoms with Crippen LogP contribution in [-0.4, -0.2) is 23.7 Å². The fraction of sp³-hybridized carbons (Fsp3) is 0.217. The number of carbonyl (C=O) groups is 2. The molecule has 148 valence electrons. The predicted molar refractivity (Wildman–Crippen MR) is 117 cm³/mol. The number of likely N-dealkylation sites (N-methyl/N-ethyl adjacent to an activating group) is 1. The topological polar surface area (TPSA) is 40.6 Å². The average molecular weight is 408 g/mol. The Kier molecular flexibility index (Phi) is 4.62. The molecule has 2 aromatic rings. The van der Waals surface area contributed by atoms with Gasteiger partial charge in [0.2, 0.25) is 0 Å². The molecule has 0 radical (unpaired) electrons. The summed E-state index contributed by atoms with van der Waals surface area (Å²) in [6, 6.07) is 12.0. The standard InChI is InChI=1S/C23H21FN2O2S/c1-14-13-23(2,3)25(4)19-12-18(24)15(10-17(14)19)11-20-21(27)26(22(28)29-20)16-8-6-5-7-9-16/h5-13H,1-4H3/b20-11+. The number of anilines is 2. The van der Waals surface area contributed by atoms with Crippen LogP contribution in [-0.2, 0) is 4.79 Å². The maximum atomic E-state index is 14.9. The van der Waals surface area contributed by atoms with Crippen molar-refractivity contribution < 1.29 is 14.0 Å². The molecule has 2 aromatic carbocycles. The van der Waals surface area contributed by atoms with Crippen LogP contribution < -0.4 is 9.80 Å². The van der Waals surface area contributed by atoms with Gasteiger partial charge in [0.25, 0.3) is 11.1 Å². The smallest absolute Gasteiger partial charge is 0.298 e. The van der Waals surface area contributed by atoms with Crippen LogP contribution in [0.1, 0.15) is 31.9 Å². The second-order valence-electron chi connectivity index (χ2n) is 7.78. The van der Waals surface area contributed by atoms with Crippen molar-refractivity contribution in [1.82, 2.24) is 0 Å². The number of hydrogen-bond donors (Lipinski definition) is 0. The highest BCUT2D eigenvalue weighted by atomic mass is 32.2. The zero-order valence-electron chi connectivity index (χ0n) is 16.7. The van der Waals surface area contributed by atoms with Crippen LogP contribution in [0.25, 0.3) is 11.6 Å². The molecule has 0 saturated carbocycles. The molecule has 4 nitrogen and oxygen atoms in total. The van der Waals surface area contributed by atoms with Gasteiger partial charge < -0.3 is 4.90 Å². The summed E-state index contributed by atoms with van der Waals surface area (Å²) in [5, 5.41) is -0.386. The molecule has 1 saturated heterocycles. The van der Waals surface area contributed by atoms with E-state index in [9.17, 15) is 14.0 Å². The van der Waals surface area contributed by atoms with E-state index in [0.29, 0.717) is 11.3 Å². The van der Waals surface area contributed by atoms with Crippen LogP contribution >= 0.6 is 11.8 Å². The van der Waals surface area contributed by atoms with Gasteiger partial charge in [0.15, 0.2) is 0 Å². The van der Waals surface area contributed by atoms with E-state index in [1.807, 2.05) is 24.9 Å². The second kappa shape index (κ2) is 6.88. The van der Waals surface area contributed by atoms with Crippen LogP contribution in [0.3, 0.4) is 0 Å². The van der Waals surface area contributed by atoms with Gasteiger partial charge in [-0.15, -0.1) is 0 Å². The Bertz CT molecular complexity index is 1090. The summed E-state index contributed by atoms with van der Waals surface area (Å²) in [7, 11) is 1.94. The van der Waals surface area contributed by atoms with E-state index in [1.54, 1.807) is 30.3 Å². The summed E-state index contributed by atoms with van der Waals surface area (Å²) < 4.78 is 14.9. The first-order chi connectivity index (χ1) is 13.7. The van der Waals surface area contributed by atoms with Gasteiger partial charge in [-0.1, -0.05) is 24.3 Å². The minimum atomic E-state index is -0.436. The Hall–Kier alpha value is -2.86. The van der Waals surface area contributed by atoms with Gasteiger partial charge in [0, 0.05) is 23.9 Å². The number of benzene rings is 2. The Morgan fingerprint density at radius 2 is 1.79 bits per heavy atom. The third kappa shape index (κ3) is 3.27. The molecule has 0 N–H and O–H groups in total. The first-order valence-electron chi connectivity index (χ1n) is 9.29. The molecule has 2 aliphatic rings. The van der Waals surface area contributed by atoms with E-state index in [-0.39, 0.29) is 15.7 Å².